The molecule has 56 heavy (non-hydrogen) atoms. The Morgan fingerprint density at radius 3 is 1.12 bits per heavy atom. The second-order valence-electron chi connectivity index (χ2n) is 16.2. The summed E-state index contributed by atoms with van der Waals surface area (Å²) in [5.41, 5.74) is -2.39. The molecule has 4 fully saturated rings. The molecule has 11 unspecified atom stereocenters. The first-order valence-corrected chi connectivity index (χ1v) is 20.3. The van der Waals surface area contributed by atoms with Crippen LogP contribution in [0.1, 0.15) is 104 Å². The van der Waals surface area contributed by atoms with E-state index in [1.165, 1.54) is 0 Å². The minimum Gasteiger partial charge on any atom is -0.394 e. The molecule has 4 rings (SSSR count). The lowest BCUT2D eigenvalue weighted by Crippen LogP contribution is -2.68. The predicted octanol–water partition coefficient (Wildman–Crippen LogP) is 0.948. The van der Waals surface area contributed by atoms with Crippen LogP contribution >= 0.6 is 0 Å². The molecule has 10 N–H and O–H groups in total. The summed E-state index contributed by atoms with van der Waals surface area (Å²) < 4.78 is 36.1. The normalized spacial score (nSPS) is 39.5. The van der Waals surface area contributed by atoms with Gasteiger partial charge in [-0.1, -0.05) is 116 Å². The van der Waals surface area contributed by atoms with Crippen molar-refractivity contribution in [3.8, 4) is 0 Å². The van der Waals surface area contributed by atoms with Crippen molar-refractivity contribution >= 4 is 7.28 Å². The molecule has 0 bridgehead atoms. The van der Waals surface area contributed by atoms with Gasteiger partial charge in [0, 0.05) is 10.8 Å². The van der Waals surface area contributed by atoms with Gasteiger partial charge in [-0.25, -0.2) is 0 Å². The molecule has 335 valence electrons. The van der Waals surface area contributed by atoms with E-state index >= 15 is 0 Å². The van der Waals surface area contributed by atoms with Crippen LogP contribution in [-0.2, 0) is 28.4 Å². The molecule has 1 radical (unpaired) electrons. The van der Waals surface area contributed by atoms with E-state index in [9.17, 15) is 51.1 Å². The van der Waals surface area contributed by atoms with Gasteiger partial charge in [-0.15, -0.1) is 0 Å². The first-order valence-electron chi connectivity index (χ1n) is 20.3. The Labute approximate surface area is 336 Å². The van der Waals surface area contributed by atoms with Gasteiger partial charge in [0.2, 0.25) is 0 Å². The fraction of sp³-hybridized carbons (Fsp3) is 1.00. The smallest absolute Gasteiger partial charge is 0.187 e. The molecule has 16 nitrogen and oxygen atoms in total. The summed E-state index contributed by atoms with van der Waals surface area (Å²) in [6.07, 6.45) is -24.7. The monoisotopic (exact) mass is 817 g/mol. The summed E-state index contributed by atoms with van der Waals surface area (Å²) in [6.45, 7) is 30.1. The molecule has 0 aromatic carbocycles. The number of hydrogen-bond donors (Lipinski definition) is 10. The van der Waals surface area contributed by atoms with Gasteiger partial charge in [0.15, 0.2) is 18.9 Å². The third-order valence-corrected chi connectivity index (χ3v) is 11.4. The standard InChI is InChI=1S/C29H52O16.C4H10B.3C2H6/c1-26(2,3)29(27(4,5)28(29,6)7)45-25-22(44-24-20(39)18(37)15(34)12(9-31)41-24)21(16(35)13(10-32)42-25)43-23-19(38)17(36)14(33)11(8-30)40-23;1-4(2)5-3;3*1-2/h11-25,30-39H,8-10H2,1-7H3;4H,1-3H3;3*1-2H3/t11?,12-,13?,14?,15-,16?,17?,18+,19?,20+,21?,22?,23?,24?,25?;;;;/m1..../s1/i;4+1;;;. The molecular weight excluding hydrogens is 736 g/mol. The van der Waals surface area contributed by atoms with Gasteiger partial charge in [0.1, 0.15) is 80.5 Å². The number of ether oxygens (including phenoxy) is 6. The van der Waals surface area contributed by atoms with Crippen molar-refractivity contribution in [2.45, 2.75) is 214 Å². The third kappa shape index (κ3) is 11.2. The van der Waals surface area contributed by atoms with Crippen molar-refractivity contribution in [2.24, 2.45) is 16.2 Å². The van der Waals surface area contributed by atoms with Crippen LogP contribution in [0.15, 0.2) is 0 Å². The van der Waals surface area contributed by atoms with Crippen LogP contribution in [0.2, 0.25) is 12.6 Å². The topological polar surface area (TPSA) is 258 Å². The highest BCUT2D eigenvalue weighted by atomic mass is 16.8. The molecule has 0 amide bonds. The van der Waals surface area contributed by atoms with Gasteiger partial charge < -0.3 is 79.5 Å². The zero-order valence-electron chi connectivity index (χ0n) is 36.9. The molecule has 15 atom stereocenters. The minimum atomic E-state index is -1.88. The average Bonchev–Trinajstić information content (AvgIpc) is 3.54. The van der Waals surface area contributed by atoms with E-state index in [2.05, 4.69) is 28.0 Å². The van der Waals surface area contributed by atoms with Crippen LogP contribution in [0.4, 0.5) is 0 Å². The fourth-order valence-electron chi connectivity index (χ4n) is 7.89. The van der Waals surface area contributed by atoms with Crippen LogP contribution in [0, 0.1) is 16.2 Å². The van der Waals surface area contributed by atoms with Crippen LogP contribution in [0.5, 0.6) is 0 Å². The van der Waals surface area contributed by atoms with E-state index in [1.54, 1.807) is 0 Å². The van der Waals surface area contributed by atoms with Gasteiger partial charge in [0.25, 0.3) is 0 Å². The maximum Gasteiger partial charge on any atom is 0.187 e. The largest absolute Gasteiger partial charge is 0.394 e. The van der Waals surface area contributed by atoms with E-state index in [-0.39, 0.29) is 0 Å². The summed E-state index contributed by atoms with van der Waals surface area (Å²) in [4.78, 5) is 0. The van der Waals surface area contributed by atoms with E-state index < -0.39 is 134 Å². The van der Waals surface area contributed by atoms with Crippen molar-refractivity contribution in [2.75, 3.05) is 19.8 Å². The van der Waals surface area contributed by atoms with E-state index in [0.29, 0.717) is 0 Å². The molecule has 0 spiro atoms. The van der Waals surface area contributed by atoms with Gasteiger partial charge in [0.05, 0.1) is 25.4 Å². The predicted molar refractivity (Wildman–Crippen MR) is 211 cm³/mol. The summed E-state index contributed by atoms with van der Waals surface area (Å²) in [6, 6.07) is 0. The van der Waals surface area contributed by atoms with Crippen molar-refractivity contribution in [3.05, 3.63) is 0 Å². The maximum absolute atomic E-state index is 11.4. The average molecular weight is 817 g/mol. The second-order valence-corrected chi connectivity index (χ2v) is 16.2. The lowest BCUT2D eigenvalue weighted by atomic mass is 9.80. The third-order valence-electron chi connectivity index (χ3n) is 11.4. The zero-order valence-corrected chi connectivity index (χ0v) is 36.9. The Hall–Kier alpha value is -0.575. The molecule has 3 saturated heterocycles. The molecular formula is C39H80BO16. The Kier molecular flexibility index (Phi) is 23.2. The van der Waals surface area contributed by atoms with Crippen molar-refractivity contribution in [3.63, 3.8) is 0 Å². The van der Waals surface area contributed by atoms with Gasteiger partial charge in [-0.05, 0) is 5.41 Å². The Morgan fingerprint density at radius 2 is 0.839 bits per heavy atom. The highest BCUT2D eigenvalue weighted by molar-refractivity contribution is 6.35. The SMILES string of the molecule is CC.CC.CC.CC(C)(C)C1(OC2OC(CO)C(O)C(OC3OC(CO)C(O)C(O)C3O)C2OC2O[C@H](CO)[C@@H](O)[C@H](O)[C@@H]2O)C(C)(C)C1(C)C.C[B][13CH](C)C. The van der Waals surface area contributed by atoms with E-state index in [1.807, 2.05) is 90.0 Å². The Bertz CT molecular complexity index is 1060. The maximum atomic E-state index is 11.4. The number of aliphatic hydroxyl groups is 10. The summed E-state index contributed by atoms with van der Waals surface area (Å²) in [5, 5.41) is 104. The molecule has 1 saturated carbocycles. The lowest BCUT2D eigenvalue weighted by Gasteiger charge is -2.50. The Balaban J connectivity index is 0.00000247. The second kappa shape index (κ2) is 23.4. The summed E-state index contributed by atoms with van der Waals surface area (Å²) in [5.74, 6) is 0.759. The van der Waals surface area contributed by atoms with Crippen molar-refractivity contribution < 1.29 is 79.5 Å². The zero-order chi connectivity index (χ0) is 44.3. The molecule has 4 aliphatic rings. The van der Waals surface area contributed by atoms with Gasteiger partial charge >= 0.3 is 0 Å². The molecule has 3 aliphatic heterocycles. The fourth-order valence-corrected chi connectivity index (χ4v) is 7.89. The van der Waals surface area contributed by atoms with Gasteiger partial charge in [-0.3, -0.25) is 0 Å². The minimum absolute atomic E-state index is 0.465. The molecule has 0 aromatic rings. The van der Waals surface area contributed by atoms with Crippen molar-refractivity contribution in [1.82, 2.24) is 0 Å². The van der Waals surface area contributed by atoms with Crippen LogP contribution in [0.25, 0.3) is 0 Å². The van der Waals surface area contributed by atoms with E-state index in [4.69, 9.17) is 28.4 Å². The van der Waals surface area contributed by atoms with Crippen LogP contribution in [-0.4, -0.2) is 176 Å². The highest BCUT2D eigenvalue weighted by Crippen LogP contribution is 2.79. The first kappa shape index (κ1) is 55.4. The molecule has 17 heteroatoms. The number of hydrogen-bond acceptors (Lipinski definition) is 16. The van der Waals surface area contributed by atoms with Crippen LogP contribution in [0.3, 0.4) is 0 Å². The molecule has 0 aromatic heterocycles. The highest BCUT2D eigenvalue weighted by Gasteiger charge is 2.83. The Morgan fingerprint density at radius 1 is 0.536 bits per heavy atom. The quantitative estimate of drug-likeness (QED) is 0.109. The number of aliphatic hydroxyl groups excluding tert-OH is 10. The van der Waals surface area contributed by atoms with Crippen molar-refractivity contribution in [1.29, 1.82) is 0 Å². The summed E-state index contributed by atoms with van der Waals surface area (Å²) in [7, 11) is 2.17. The summed E-state index contributed by atoms with van der Waals surface area (Å²) >= 11 is 0. The van der Waals surface area contributed by atoms with Crippen LogP contribution < -0.4 is 0 Å². The lowest BCUT2D eigenvalue weighted by molar-refractivity contribution is -0.401. The molecule has 3 heterocycles. The van der Waals surface area contributed by atoms with Gasteiger partial charge in [-0.2, -0.15) is 0 Å². The molecule has 1 aliphatic carbocycles. The van der Waals surface area contributed by atoms with E-state index in [0.717, 1.165) is 5.82 Å². The first-order chi connectivity index (χ1) is 26.0. The number of rotatable bonds is 10.